The summed E-state index contributed by atoms with van der Waals surface area (Å²) >= 11 is 4.79. The first-order chi connectivity index (χ1) is 10.2. The number of fused-ring (bicyclic) bond motifs is 1. The summed E-state index contributed by atoms with van der Waals surface area (Å²) in [4.78, 5) is 16.0. The Morgan fingerprint density at radius 1 is 1.38 bits per heavy atom. The van der Waals surface area contributed by atoms with Crippen LogP contribution in [0.3, 0.4) is 0 Å². The van der Waals surface area contributed by atoms with E-state index in [1.165, 1.54) is 11.8 Å². The Bertz CT molecular complexity index is 793. The van der Waals surface area contributed by atoms with E-state index in [2.05, 4.69) is 41.3 Å². The van der Waals surface area contributed by atoms with E-state index in [0.29, 0.717) is 11.0 Å². The molecule has 0 aliphatic carbocycles. The number of rotatable bonds is 4. The minimum atomic E-state index is 0.346. The van der Waals surface area contributed by atoms with Crippen LogP contribution in [0.15, 0.2) is 39.1 Å². The van der Waals surface area contributed by atoms with Crippen molar-refractivity contribution >= 4 is 44.7 Å². The van der Waals surface area contributed by atoms with Gasteiger partial charge in [-0.05, 0) is 39.8 Å². The first kappa shape index (κ1) is 14.1. The summed E-state index contributed by atoms with van der Waals surface area (Å²) in [6.07, 6.45) is 1.64. The maximum atomic E-state index is 5.32. The summed E-state index contributed by atoms with van der Waals surface area (Å²) in [5.41, 5.74) is 4.18. The Balaban J connectivity index is 1.94. The number of halogens is 1. The highest BCUT2D eigenvalue weighted by Crippen LogP contribution is 2.32. The third-order valence-corrected chi connectivity index (χ3v) is 4.44. The van der Waals surface area contributed by atoms with Crippen LogP contribution in [0.4, 0.5) is 5.95 Å². The maximum Gasteiger partial charge on any atom is 0.238 e. The topological polar surface area (TPSA) is 102 Å². The van der Waals surface area contributed by atoms with Crippen LogP contribution in [0.2, 0.25) is 0 Å². The normalized spacial score (nSPS) is 10.8. The van der Waals surface area contributed by atoms with E-state index in [0.717, 1.165) is 26.4 Å². The molecule has 0 atom stereocenters. The van der Waals surface area contributed by atoms with Crippen molar-refractivity contribution in [1.82, 2.24) is 19.9 Å². The quantitative estimate of drug-likeness (QED) is 0.370. The Kier molecular flexibility index (Phi) is 3.95. The summed E-state index contributed by atoms with van der Waals surface area (Å²) in [7, 11) is 1.63. The van der Waals surface area contributed by atoms with Crippen LogP contribution in [0.25, 0.3) is 11.0 Å². The van der Waals surface area contributed by atoms with Gasteiger partial charge in [-0.1, -0.05) is 0 Å². The second-order valence-corrected chi connectivity index (χ2v) is 5.85. The van der Waals surface area contributed by atoms with Gasteiger partial charge in [0.2, 0.25) is 5.95 Å². The number of hydrogen-bond donors (Lipinski definition) is 3. The van der Waals surface area contributed by atoms with E-state index >= 15 is 0 Å². The van der Waals surface area contributed by atoms with Crippen molar-refractivity contribution in [2.45, 2.75) is 10.2 Å². The molecule has 108 valence electrons. The van der Waals surface area contributed by atoms with Gasteiger partial charge in [-0.3, -0.25) is 5.43 Å². The Morgan fingerprint density at radius 2 is 2.24 bits per heavy atom. The van der Waals surface area contributed by atoms with Crippen LogP contribution in [0, 0.1) is 0 Å². The molecule has 0 saturated heterocycles. The molecule has 4 N–H and O–H groups in total. The zero-order chi connectivity index (χ0) is 14.8. The second-order valence-electron chi connectivity index (χ2n) is 4.02. The van der Waals surface area contributed by atoms with Crippen molar-refractivity contribution < 1.29 is 4.74 Å². The van der Waals surface area contributed by atoms with Gasteiger partial charge in [-0.15, -0.1) is 0 Å². The van der Waals surface area contributed by atoms with Gasteiger partial charge in [-0.2, -0.15) is 0 Å². The van der Waals surface area contributed by atoms with Crippen LogP contribution in [-0.4, -0.2) is 27.0 Å². The van der Waals surface area contributed by atoms with E-state index in [-0.39, 0.29) is 0 Å². The fourth-order valence-electron chi connectivity index (χ4n) is 1.72. The zero-order valence-electron chi connectivity index (χ0n) is 10.9. The number of nitrogens with two attached hydrogens (primary N) is 1. The van der Waals surface area contributed by atoms with Gasteiger partial charge in [0.25, 0.3) is 0 Å². The van der Waals surface area contributed by atoms with E-state index in [4.69, 9.17) is 10.6 Å². The molecule has 0 unspecified atom stereocenters. The second kappa shape index (κ2) is 5.88. The number of benzene rings is 1. The van der Waals surface area contributed by atoms with Crippen molar-refractivity contribution in [1.29, 1.82) is 0 Å². The molecular formula is C12H11BrN6OS. The van der Waals surface area contributed by atoms with Crippen LogP contribution in [-0.2, 0) is 0 Å². The van der Waals surface area contributed by atoms with Gasteiger partial charge < -0.3 is 9.72 Å². The summed E-state index contributed by atoms with van der Waals surface area (Å²) in [5.74, 6) is 6.44. The Labute approximate surface area is 132 Å². The maximum absolute atomic E-state index is 5.32. The molecule has 21 heavy (non-hydrogen) atoms. The minimum Gasteiger partial charge on any atom is -0.497 e. The molecule has 0 radical (unpaired) electrons. The van der Waals surface area contributed by atoms with Crippen LogP contribution in [0.1, 0.15) is 0 Å². The number of hydrogen-bond acceptors (Lipinski definition) is 7. The van der Waals surface area contributed by atoms with Crippen molar-refractivity contribution in [2.75, 3.05) is 12.5 Å². The van der Waals surface area contributed by atoms with Crippen molar-refractivity contribution in [2.24, 2.45) is 5.84 Å². The third-order valence-electron chi connectivity index (χ3n) is 2.70. The number of hydrazine groups is 1. The fourth-order valence-corrected chi connectivity index (χ4v) is 2.93. The number of nitrogens with zero attached hydrogens (tertiary/aromatic N) is 3. The molecular weight excluding hydrogens is 356 g/mol. The molecule has 0 saturated carbocycles. The van der Waals surface area contributed by atoms with Crippen LogP contribution < -0.4 is 16.0 Å². The molecule has 1 aromatic carbocycles. The smallest absolute Gasteiger partial charge is 0.238 e. The molecule has 3 rings (SSSR count). The number of aromatic amines is 1. The van der Waals surface area contributed by atoms with Gasteiger partial charge in [0.1, 0.15) is 10.8 Å². The number of H-pyrrole nitrogens is 1. The summed E-state index contributed by atoms with van der Waals surface area (Å²) in [6, 6.07) is 5.67. The molecule has 0 fully saturated rings. The summed E-state index contributed by atoms with van der Waals surface area (Å²) in [6.45, 7) is 0. The lowest BCUT2D eigenvalue weighted by atomic mass is 10.3. The lowest BCUT2D eigenvalue weighted by molar-refractivity contribution is 0.415. The average molecular weight is 367 g/mol. The number of imidazole rings is 1. The number of nitrogens with one attached hydrogen (secondary N) is 2. The van der Waals surface area contributed by atoms with Crippen molar-refractivity contribution in [3.63, 3.8) is 0 Å². The number of nitrogen functional groups attached to an aromatic ring is 1. The zero-order valence-corrected chi connectivity index (χ0v) is 13.3. The average Bonchev–Trinajstić information content (AvgIpc) is 2.90. The van der Waals surface area contributed by atoms with E-state index in [1.54, 1.807) is 13.3 Å². The molecule has 0 spiro atoms. The molecule has 7 nitrogen and oxygen atoms in total. The molecule has 0 aliphatic heterocycles. The third kappa shape index (κ3) is 2.94. The lowest BCUT2D eigenvalue weighted by Gasteiger charge is -2.03. The van der Waals surface area contributed by atoms with Crippen LogP contribution >= 0.6 is 27.7 Å². The first-order valence-electron chi connectivity index (χ1n) is 5.90. The fraction of sp³-hybridized carbons (Fsp3) is 0.0833. The predicted molar refractivity (Wildman–Crippen MR) is 84.3 cm³/mol. The molecule has 0 bridgehead atoms. The highest BCUT2D eigenvalue weighted by molar-refractivity contribution is 9.10. The molecule has 2 aromatic heterocycles. The summed E-state index contributed by atoms with van der Waals surface area (Å²) < 4.78 is 5.96. The van der Waals surface area contributed by atoms with Crippen molar-refractivity contribution in [3.8, 4) is 5.75 Å². The first-order valence-corrected chi connectivity index (χ1v) is 7.51. The largest absolute Gasteiger partial charge is 0.497 e. The number of ether oxygens (including phenoxy) is 1. The van der Waals surface area contributed by atoms with Gasteiger partial charge in [0, 0.05) is 12.3 Å². The van der Waals surface area contributed by atoms with E-state index < -0.39 is 0 Å². The molecule has 3 aromatic rings. The van der Waals surface area contributed by atoms with Gasteiger partial charge in [0.05, 0.1) is 22.6 Å². The number of aromatic nitrogens is 4. The van der Waals surface area contributed by atoms with Gasteiger partial charge >= 0.3 is 0 Å². The van der Waals surface area contributed by atoms with Gasteiger partial charge in [-0.25, -0.2) is 20.8 Å². The van der Waals surface area contributed by atoms with Gasteiger partial charge in [0.15, 0.2) is 5.16 Å². The van der Waals surface area contributed by atoms with Crippen molar-refractivity contribution in [3.05, 3.63) is 28.9 Å². The standard InChI is InChI=1S/C12H11BrN6OS/c1-20-6-2-3-8-9(4-6)17-12(16-8)21-10-7(13)5-15-11(18-10)19-14/h2-5H,14H2,1H3,(H,16,17)(H,15,18,19). The molecule has 0 aliphatic rings. The highest BCUT2D eigenvalue weighted by Gasteiger charge is 2.10. The minimum absolute atomic E-state index is 0.346. The number of anilines is 1. The summed E-state index contributed by atoms with van der Waals surface area (Å²) in [5, 5.41) is 1.43. The van der Waals surface area contributed by atoms with E-state index in [9.17, 15) is 0 Å². The molecule has 9 heteroatoms. The van der Waals surface area contributed by atoms with Crippen LogP contribution in [0.5, 0.6) is 5.75 Å². The SMILES string of the molecule is COc1ccc2nc(Sc3nc(NN)ncc3Br)[nH]c2c1. The highest BCUT2D eigenvalue weighted by atomic mass is 79.9. The molecule has 2 heterocycles. The Morgan fingerprint density at radius 3 is 3.00 bits per heavy atom. The molecule has 0 amide bonds. The monoisotopic (exact) mass is 366 g/mol. The lowest BCUT2D eigenvalue weighted by Crippen LogP contribution is -2.10. The Hall–Kier alpha value is -1.84. The predicted octanol–water partition coefficient (Wildman–Crippen LogP) is 2.56. The number of methoxy groups -OCH3 is 1. The van der Waals surface area contributed by atoms with E-state index in [1.807, 2.05) is 18.2 Å².